The topological polar surface area (TPSA) is 96.4 Å². The van der Waals surface area contributed by atoms with E-state index in [0.29, 0.717) is 11.3 Å². The quantitative estimate of drug-likeness (QED) is 0.597. The second kappa shape index (κ2) is 8.04. The zero-order chi connectivity index (χ0) is 24.0. The minimum Gasteiger partial charge on any atom is -0.439 e. The lowest BCUT2D eigenvalue weighted by Gasteiger charge is -2.38. The first-order valence-corrected chi connectivity index (χ1v) is 12.0. The first-order chi connectivity index (χ1) is 16.3. The van der Waals surface area contributed by atoms with E-state index in [-0.39, 0.29) is 34.2 Å². The minimum atomic E-state index is -4.25. The summed E-state index contributed by atoms with van der Waals surface area (Å²) in [7, 11) is -4.25. The van der Waals surface area contributed by atoms with Crippen molar-refractivity contribution in [3.63, 3.8) is 0 Å². The predicted molar refractivity (Wildman–Crippen MR) is 127 cm³/mol. The maximum atomic E-state index is 15.0. The lowest BCUT2D eigenvalue weighted by atomic mass is 9.88. The third-order valence-electron chi connectivity index (χ3n) is 6.15. The lowest BCUT2D eigenvalue weighted by Crippen LogP contribution is -2.39. The van der Waals surface area contributed by atoms with Crippen molar-refractivity contribution >= 4 is 21.5 Å². The van der Waals surface area contributed by atoms with Gasteiger partial charge in [-0.1, -0.05) is 54.6 Å². The molecule has 2 aliphatic heterocycles. The van der Waals surface area contributed by atoms with Crippen molar-refractivity contribution < 1.29 is 17.5 Å². The summed E-state index contributed by atoms with van der Waals surface area (Å²) in [6.45, 7) is 1.97. The molecule has 0 saturated heterocycles. The Labute approximate surface area is 197 Å². The molecule has 3 aromatic carbocycles. The molecule has 0 radical (unpaired) electrons. The summed E-state index contributed by atoms with van der Waals surface area (Å²) < 4.78 is 50.4. The highest BCUT2D eigenvalue weighted by Crippen LogP contribution is 2.51. The summed E-state index contributed by atoms with van der Waals surface area (Å²) in [4.78, 5) is -0.198. The molecule has 2 N–H and O–H groups in total. The van der Waals surface area contributed by atoms with Crippen LogP contribution in [-0.2, 0) is 21.3 Å². The van der Waals surface area contributed by atoms with E-state index < -0.39 is 21.8 Å². The fourth-order valence-electron chi connectivity index (χ4n) is 4.44. The highest BCUT2D eigenvalue weighted by atomic mass is 32.2. The average molecular weight is 474 g/mol. The number of rotatable bonds is 3. The van der Waals surface area contributed by atoms with Gasteiger partial charge in [-0.25, -0.2) is 12.8 Å². The first-order valence-electron chi connectivity index (χ1n) is 10.6. The van der Waals surface area contributed by atoms with Gasteiger partial charge in [0.2, 0.25) is 5.88 Å². The van der Waals surface area contributed by atoms with E-state index >= 15 is 0 Å². The fraction of sp³-hybridized carbons (Fsp3) is 0.115. The van der Waals surface area contributed by atoms with Crippen LogP contribution in [0, 0.1) is 24.1 Å². The van der Waals surface area contributed by atoms with Gasteiger partial charge in [0.05, 0.1) is 18.2 Å². The molecule has 3 aromatic rings. The van der Waals surface area contributed by atoms with Gasteiger partial charge in [0.25, 0.3) is 10.0 Å². The van der Waals surface area contributed by atoms with E-state index in [9.17, 15) is 18.1 Å². The molecular formula is C26H20FN3O3S. The third kappa shape index (κ3) is 3.25. The van der Waals surface area contributed by atoms with Gasteiger partial charge in [0.1, 0.15) is 22.4 Å². The van der Waals surface area contributed by atoms with E-state index in [0.717, 1.165) is 11.1 Å². The number of nitrogens with zero attached hydrogens (tertiary/aromatic N) is 2. The molecule has 5 rings (SSSR count). The predicted octanol–water partition coefficient (Wildman–Crippen LogP) is 4.66. The lowest BCUT2D eigenvalue weighted by molar-refractivity contribution is 0.357. The Morgan fingerprint density at radius 2 is 1.74 bits per heavy atom. The molecule has 0 bridgehead atoms. The molecular weight excluding hydrogens is 453 g/mol. The molecule has 170 valence electrons. The number of halogens is 1. The summed E-state index contributed by atoms with van der Waals surface area (Å²) in [5.74, 6) is -2.11. The van der Waals surface area contributed by atoms with Gasteiger partial charge in [0.15, 0.2) is 5.76 Å². The largest absolute Gasteiger partial charge is 0.439 e. The Morgan fingerprint density at radius 3 is 2.47 bits per heavy atom. The van der Waals surface area contributed by atoms with Crippen LogP contribution in [0.25, 0.3) is 5.76 Å². The Kier molecular flexibility index (Phi) is 5.14. The summed E-state index contributed by atoms with van der Waals surface area (Å²) in [5, 5.41) is 9.86. The summed E-state index contributed by atoms with van der Waals surface area (Å²) >= 11 is 0. The second-order valence-corrected chi connectivity index (χ2v) is 9.93. The molecule has 0 amide bonds. The molecule has 8 heteroatoms. The molecule has 6 nitrogen and oxygen atoms in total. The molecule has 1 atom stereocenters. The second-order valence-electron chi connectivity index (χ2n) is 8.10. The highest BCUT2D eigenvalue weighted by molar-refractivity contribution is 7.96. The van der Waals surface area contributed by atoms with Gasteiger partial charge in [-0.15, -0.1) is 0 Å². The zero-order valence-corrected chi connectivity index (χ0v) is 19.0. The highest BCUT2D eigenvalue weighted by Gasteiger charge is 2.47. The molecule has 0 aromatic heterocycles. The van der Waals surface area contributed by atoms with Gasteiger partial charge in [0, 0.05) is 11.1 Å². The number of fused-ring (bicyclic) bond motifs is 2. The average Bonchev–Trinajstić information content (AvgIpc) is 2.82. The van der Waals surface area contributed by atoms with Crippen LogP contribution in [0.5, 0.6) is 0 Å². The third-order valence-corrected chi connectivity index (χ3v) is 8.03. The Bertz CT molecular complexity index is 1540. The van der Waals surface area contributed by atoms with Crippen LogP contribution in [0.4, 0.5) is 10.1 Å². The van der Waals surface area contributed by atoms with Crippen LogP contribution in [0.1, 0.15) is 28.2 Å². The number of anilines is 1. The number of hydrogen-bond acceptors (Lipinski definition) is 5. The number of benzene rings is 3. The first kappa shape index (κ1) is 21.7. The van der Waals surface area contributed by atoms with Crippen LogP contribution in [0.15, 0.2) is 89.2 Å². The molecule has 2 heterocycles. The number of nitrogens with two attached hydrogens (primary N) is 1. The van der Waals surface area contributed by atoms with Crippen LogP contribution >= 0.6 is 0 Å². The van der Waals surface area contributed by atoms with Crippen LogP contribution in [0.2, 0.25) is 0 Å². The molecule has 2 aliphatic rings. The van der Waals surface area contributed by atoms with Crippen LogP contribution in [-0.4, -0.2) is 8.42 Å². The maximum Gasteiger partial charge on any atom is 0.265 e. The van der Waals surface area contributed by atoms with Crippen molar-refractivity contribution in [3.8, 4) is 6.07 Å². The molecule has 0 saturated carbocycles. The zero-order valence-electron chi connectivity index (χ0n) is 18.2. The molecule has 0 aliphatic carbocycles. The van der Waals surface area contributed by atoms with Crippen LogP contribution < -0.4 is 10.0 Å². The summed E-state index contributed by atoms with van der Waals surface area (Å²) in [5.41, 5.74) is 8.63. The number of para-hydroxylation sites is 1. The molecule has 0 spiro atoms. The van der Waals surface area contributed by atoms with E-state index in [1.807, 2.05) is 37.3 Å². The fourth-order valence-corrected chi connectivity index (χ4v) is 6.34. The number of aryl methyl sites for hydroxylation is 1. The van der Waals surface area contributed by atoms with Crippen molar-refractivity contribution in [2.45, 2.75) is 19.4 Å². The van der Waals surface area contributed by atoms with Crippen molar-refractivity contribution in [2.24, 2.45) is 5.73 Å². The Balaban J connectivity index is 1.79. The Hall–Kier alpha value is -4.09. The SMILES string of the molecule is Cc1ccccc1CN1c2ccccc2C2=C([C@H](c3ccccc3F)C(C#N)=C(N)O2)S1(=O)=O. The maximum absolute atomic E-state index is 15.0. The van der Waals surface area contributed by atoms with Gasteiger partial charge in [-0.05, 0) is 36.2 Å². The van der Waals surface area contributed by atoms with E-state index in [2.05, 4.69) is 0 Å². The van der Waals surface area contributed by atoms with Crippen molar-refractivity contribution in [2.75, 3.05) is 4.31 Å². The standard InChI is InChI=1S/C26H20FN3O3S/c1-16-8-2-3-9-17(16)15-30-22-13-7-5-11-19(22)24-25(34(30,31)32)23(20(14-28)26(29)33-24)18-10-4-6-12-21(18)27/h2-13,23H,15,29H2,1H3/t23-/m1/s1. The van der Waals surface area contributed by atoms with Gasteiger partial charge in [-0.3, -0.25) is 4.31 Å². The number of allylic oxidation sites excluding steroid dienone is 2. The smallest absolute Gasteiger partial charge is 0.265 e. The van der Waals surface area contributed by atoms with Gasteiger partial charge in [-0.2, -0.15) is 5.26 Å². The monoisotopic (exact) mass is 473 g/mol. The molecule has 0 unspecified atom stereocenters. The summed E-state index contributed by atoms with van der Waals surface area (Å²) in [6.07, 6.45) is 0. The minimum absolute atomic E-state index is 0.0152. The van der Waals surface area contributed by atoms with E-state index in [1.165, 1.54) is 22.5 Å². The Morgan fingerprint density at radius 1 is 1.06 bits per heavy atom. The van der Waals surface area contributed by atoms with Crippen molar-refractivity contribution in [1.29, 1.82) is 5.26 Å². The normalized spacial score (nSPS) is 18.6. The van der Waals surface area contributed by atoms with Crippen molar-refractivity contribution in [3.05, 3.63) is 117 Å². The summed E-state index contributed by atoms with van der Waals surface area (Å²) in [6, 6.07) is 22.1. The van der Waals surface area contributed by atoms with E-state index in [1.54, 1.807) is 30.3 Å². The number of sulfonamides is 1. The molecule has 0 fully saturated rings. The number of nitriles is 1. The van der Waals surface area contributed by atoms with Gasteiger partial charge >= 0.3 is 0 Å². The van der Waals surface area contributed by atoms with E-state index in [4.69, 9.17) is 10.5 Å². The van der Waals surface area contributed by atoms with Crippen LogP contribution in [0.3, 0.4) is 0 Å². The van der Waals surface area contributed by atoms with Gasteiger partial charge < -0.3 is 10.5 Å². The number of hydrogen-bond donors (Lipinski definition) is 1. The number of ether oxygens (including phenoxy) is 1. The van der Waals surface area contributed by atoms with Crippen molar-refractivity contribution in [1.82, 2.24) is 0 Å². The molecule has 34 heavy (non-hydrogen) atoms.